The zero-order chi connectivity index (χ0) is 23.2. The fourth-order valence-electron chi connectivity index (χ4n) is 3.94. The molecule has 3 heterocycles. The number of hydrogen-bond acceptors (Lipinski definition) is 7. The number of nitrogens with zero attached hydrogens (tertiary/aromatic N) is 3. The summed E-state index contributed by atoms with van der Waals surface area (Å²) in [6, 6.07) is 7.18. The molecule has 0 radical (unpaired) electrons. The van der Waals surface area contributed by atoms with Crippen LogP contribution >= 0.6 is 11.3 Å². The maximum Gasteiger partial charge on any atom is 0.244 e. The standard InChI is InChI=1S/C22H23FN4O4S2/c1-13-19(12-18(32-13)20-25-22(31-26-20)15-2-3-15)33(29,30)27-10-8-14(9-11-27)21(28)24-17-6-4-16(23)5-7-17/h4-7,12,14-15H,2-3,8-11H2,1H3,(H,24,28). The predicted octanol–water partition coefficient (Wildman–Crippen LogP) is 4.16. The SMILES string of the molecule is Cc1sc(-c2noc(C3CC3)n2)cc1S(=O)(=O)N1CCC(C(=O)Nc2ccc(F)cc2)CC1. The van der Waals surface area contributed by atoms with Gasteiger partial charge < -0.3 is 9.84 Å². The molecule has 2 aliphatic rings. The highest BCUT2D eigenvalue weighted by Gasteiger charge is 2.35. The number of hydrogen-bond donors (Lipinski definition) is 1. The van der Waals surface area contributed by atoms with Gasteiger partial charge in [0.15, 0.2) is 0 Å². The molecule has 0 atom stereocenters. The lowest BCUT2D eigenvalue weighted by Crippen LogP contribution is -2.41. The molecule has 1 aromatic carbocycles. The van der Waals surface area contributed by atoms with Crippen LogP contribution in [0.15, 0.2) is 39.8 Å². The molecule has 33 heavy (non-hydrogen) atoms. The molecule has 2 aromatic heterocycles. The number of anilines is 1. The average Bonchev–Trinajstić information content (AvgIpc) is 3.39. The van der Waals surface area contributed by atoms with E-state index in [2.05, 4.69) is 15.5 Å². The summed E-state index contributed by atoms with van der Waals surface area (Å²) in [5, 5.41) is 6.79. The summed E-state index contributed by atoms with van der Waals surface area (Å²) in [5.74, 6) is 0.499. The van der Waals surface area contributed by atoms with Crippen molar-refractivity contribution in [2.24, 2.45) is 5.92 Å². The summed E-state index contributed by atoms with van der Waals surface area (Å²) in [5.41, 5.74) is 0.518. The molecule has 0 bridgehead atoms. The summed E-state index contributed by atoms with van der Waals surface area (Å²) in [6.07, 6.45) is 2.92. The van der Waals surface area contributed by atoms with Crippen molar-refractivity contribution >= 4 is 33.0 Å². The summed E-state index contributed by atoms with van der Waals surface area (Å²) < 4.78 is 46.4. The van der Waals surface area contributed by atoms with Gasteiger partial charge in [-0.15, -0.1) is 11.3 Å². The minimum Gasteiger partial charge on any atom is -0.339 e. The second-order valence-corrected chi connectivity index (χ2v) is 11.6. The Morgan fingerprint density at radius 3 is 2.55 bits per heavy atom. The summed E-state index contributed by atoms with van der Waals surface area (Å²) in [4.78, 5) is 18.5. The number of piperidine rings is 1. The van der Waals surface area contributed by atoms with Crippen LogP contribution in [-0.4, -0.2) is 41.9 Å². The van der Waals surface area contributed by atoms with Gasteiger partial charge >= 0.3 is 0 Å². The second-order valence-electron chi connectivity index (χ2n) is 8.44. The molecule has 3 aromatic rings. The normalized spacial score (nSPS) is 17.9. The molecule has 1 saturated carbocycles. The zero-order valence-corrected chi connectivity index (χ0v) is 19.6. The van der Waals surface area contributed by atoms with Crippen molar-refractivity contribution in [1.82, 2.24) is 14.4 Å². The van der Waals surface area contributed by atoms with Gasteiger partial charge in [0.1, 0.15) is 5.82 Å². The third-order valence-corrected chi connectivity index (χ3v) is 9.22. The second kappa shape index (κ2) is 8.62. The monoisotopic (exact) mass is 490 g/mol. The van der Waals surface area contributed by atoms with Crippen LogP contribution in [0.3, 0.4) is 0 Å². The topological polar surface area (TPSA) is 105 Å². The van der Waals surface area contributed by atoms with Crippen molar-refractivity contribution in [3.05, 3.63) is 46.9 Å². The highest BCUT2D eigenvalue weighted by Crippen LogP contribution is 2.41. The molecule has 174 valence electrons. The Kier molecular flexibility index (Phi) is 5.79. The molecule has 1 aliphatic carbocycles. The van der Waals surface area contributed by atoms with E-state index in [9.17, 15) is 17.6 Å². The van der Waals surface area contributed by atoms with Crippen molar-refractivity contribution in [3.8, 4) is 10.7 Å². The molecule has 0 unspecified atom stereocenters. The maximum absolute atomic E-state index is 13.3. The first kappa shape index (κ1) is 22.2. The Morgan fingerprint density at radius 1 is 1.18 bits per heavy atom. The number of amides is 1. The molecule has 1 N–H and O–H groups in total. The van der Waals surface area contributed by atoms with E-state index in [0.717, 1.165) is 12.8 Å². The first-order chi connectivity index (χ1) is 15.8. The number of aryl methyl sites for hydroxylation is 1. The van der Waals surface area contributed by atoms with Crippen LogP contribution in [0.4, 0.5) is 10.1 Å². The van der Waals surface area contributed by atoms with Crippen molar-refractivity contribution in [1.29, 1.82) is 0 Å². The lowest BCUT2D eigenvalue weighted by molar-refractivity contribution is -0.120. The van der Waals surface area contributed by atoms with Gasteiger partial charge in [-0.1, -0.05) is 5.16 Å². The summed E-state index contributed by atoms with van der Waals surface area (Å²) in [7, 11) is -3.71. The van der Waals surface area contributed by atoms with Crippen molar-refractivity contribution < 1.29 is 22.1 Å². The molecular weight excluding hydrogens is 467 g/mol. The van der Waals surface area contributed by atoms with Crippen LogP contribution in [0.2, 0.25) is 0 Å². The Hall–Kier alpha value is -2.63. The van der Waals surface area contributed by atoms with E-state index in [-0.39, 0.29) is 35.6 Å². The predicted molar refractivity (Wildman–Crippen MR) is 121 cm³/mol. The fraction of sp³-hybridized carbons (Fsp3) is 0.409. The third-order valence-electron chi connectivity index (χ3n) is 6.02. The number of sulfonamides is 1. The van der Waals surface area contributed by atoms with Crippen molar-refractivity contribution in [2.75, 3.05) is 18.4 Å². The highest BCUT2D eigenvalue weighted by atomic mass is 32.2. The Labute approximate surface area is 194 Å². The van der Waals surface area contributed by atoms with E-state index in [1.807, 2.05) is 0 Å². The Balaban J connectivity index is 1.25. The van der Waals surface area contributed by atoms with E-state index in [0.29, 0.717) is 45.9 Å². The van der Waals surface area contributed by atoms with Gasteiger partial charge in [0.05, 0.1) is 9.77 Å². The minimum absolute atomic E-state index is 0.184. The van der Waals surface area contributed by atoms with Crippen LogP contribution in [0.5, 0.6) is 0 Å². The van der Waals surface area contributed by atoms with E-state index in [4.69, 9.17) is 4.52 Å². The number of thiophene rings is 1. The number of carbonyl (C=O) groups is 1. The van der Waals surface area contributed by atoms with E-state index in [1.165, 1.54) is 39.9 Å². The van der Waals surface area contributed by atoms with Gasteiger partial charge in [-0.25, -0.2) is 12.8 Å². The minimum atomic E-state index is -3.71. The average molecular weight is 491 g/mol. The van der Waals surface area contributed by atoms with Crippen LogP contribution in [-0.2, 0) is 14.8 Å². The number of rotatable bonds is 6. The molecule has 5 rings (SSSR count). The smallest absolute Gasteiger partial charge is 0.244 e. The van der Waals surface area contributed by atoms with Gasteiger partial charge in [-0.2, -0.15) is 9.29 Å². The van der Waals surface area contributed by atoms with Crippen LogP contribution in [0, 0.1) is 18.7 Å². The first-order valence-electron chi connectivity index (χ1n) is 10.8. The molecule has 2 fully saturated rings. The lowest BCUT2D eigenvalue weighted by atomic mass is 9.97. The van der Waals surface area contributed by atoms with Crippen LogP contribution < -0.4 is 5.32 Å². The quantitative estimate of drug-likeness (QED) is 0.556. The maximum atomic E-state index is 13.3. The molecule has 8 nitrogen and oxygen atoms in total. The van der Waals surface area contributed by atoms with Gasteiger partial charge in [-0.05, 0) is 62.9 Å². The highest BCUT2D eigenvalue weighted by molar-refractivity contribution is 7.89. The zero-order valence-electron chi connectivity index (χ0n) is 18.0. The van der Waals surface area contributed by atoms with Gasteiger partial charge in [0.2, 0.25) is 27.6 Å². The summed E-state index contributed by atoms with van der Waals surface area (Å²) >= 11 is 1.33. The lowest BCUT2D eigenvalue weighted by Gasteiger charge is -2.30. The van der Waals surface area contributed by atoms with Crippen LogP contribution in [0.1, 0.15) is 42.4 Å². The number of aromatic nitrogens is 2. The number of benzene rings is 1. The third kappa shape index (κ3) is 4.57. The number of carbonyl (C=O) groups excluding carboxylic acids is 1. The van der Waals surface area contributed by atoms with Gasteiger partial charge in [-0.3, -0.25) is 4.79 Å². The molecular formula is C22H23FN4O4S2. The van der Waals surface area contributed by atoms with Gasteiger partial charge in [0, 0.05) is 35.5 Å². The number of halogens is 1. The molecule has 1 aliphatic heterocycles. The first-order valence-corrected chi connectivity index (χ1v) is 13.1. The van der Waals surface area contributed by atoms with Crippen LogP contribution in [0.25, 0.3) is 10.7 Å². The van der Waals surface area contributed by atoms with Gasteiger partial charge in [0.25, 0.3) is 0 Å². The molecule has 1 amide bonds. The van der Waals surface area contributed by atoms with E-state index >= 15 is 0 Å². The Bertz CT molecular complexity index is 1270. The van der Waals surface area contributed by atoms with E-state index in [1.54, 1.807) is 13.0 Å². The summed E-state index contributed by atoms with van der Waals surface area (Å²) in [6.45, 7) is 2.27. The largest absolute Gasteiger partial charge is 0.339 e. The van der Waals surface area contributed by atoms with Crippen molar-refractivity contribution in [2.45, 2.75) is 43.4 Å². The molecule has 0 spiro atoms. The fourth-order valence-corrected chi connectivity index (χ4v) is 6.89. The number of nitrogens with one attached hydrogen (secondary N) is 1. The van der Waals surface area contributed by atoms with E-state index < -0.39 is 10.0 Å². The van der Waals surface area contributed by atoms with Crippen molar-refractivity contribution in [3.63, 3.8) is 0 Å². The Morgan fingerprint density at radius 2 is 1.88 bits per heavy atom. The molecule has 11 heteroatoms. The molecule has 1 saturated heterocycles.